The van der Waals surface area contributed by atoms with Gasteiger partial charge >= 0.3 is 0 Å². The molecule has 0 saturated heterocycles. The summed E-state index contributed by atoms with van der Waals surface area (Å²) in [6.45, 7) is 0. The van der Waals surface area contributed by atoms with Gasteiger partial charge in [-0.25, -0.2) is 0 Å². The van der Waals surface area contributed by atoms with E-state index in [1.165, 1.54) is 11.3 Å². The number of allylic oxidation sites excluding steroid dienone is 1. The molecule has 0 atom stereocenters. The van der Waals surface area contributed by atoms with Gasteiger partial charge in [-0.3, -0.25) is 4.79 Å². The average Bonchev–Trinajstić information content (AvgIpc) is 2.84. The molecule has 0 unspecified atom stereocenters. The molecule has 5 heteroatoms. The highest BCUT2D eigenvalue weighted by Crippen LogP contribution is 2.23. The van der Waals surface area contributed by atoms with Crippen LogP contribution < -0.4 is 0 Å². The Labute approximate surface area is 115 Å². The van der Waals surface area contributed by atoms with Crippen molar-refractivity contribution in [1.82, 2.24) is 0 Å². The van der Waals surface area contributed by atoms with Crippen LogP contribution >= 0.6 is 50.2 Å². The number of halogens is 2. The van der Waals surface area contributed by atoms with E-state index in [0.29, 0.717) is 9.21 Å². The van der Waals surface area contributed by atoms with Crippen molar-refractivity contribution in [2.75, 3.05) is 0 Å². The fourth-order valence-corrected chi connectivity index (χ4v) is 3.40. The lowest BCUT2D eigenvalue weighted by atomic mass is 10.3. The Morgan fingerprint density at radius 2 is 2.25 bits per heavy atom. The minimum absolute atomic E-state index is 0.0126. The molecule has 0 fully saturated rings. The summed E-state index contributed by atoms with van der Waals surface area (Å²) in [5, 5.41) is 1.98. The summed E-state index contributed by atoms with van der Waals surface area (Å²) in [6, 6.07) is 5.44. The molecule has 2 aromatic rings. The van der Waals surface area contributed by atoms with Crippen LogP contribution in [0.1, 0.15) is 14.5 Å². The van der Waals surface area contributed by atoms with Crippen molar-refractivity contribution in [3.05, 3.63) is 48.2 Å². The van der Waals surface area contributed by atoms with Crippen LogP contribution in [0.5, 0.6) is 0 Å². The van der Waals surface area contributed by atoms with Crippen LogP contribution in [0, 0.1) is 0 Å². The Morgan fingerprint density at radius 1 is 1.44 bits per heavy atom. The summed E-state index contributed by atoms with van der Waals surface area (Å²) in [5.74, 6) is -0.0126. The van der Waals surface area contributed by atoms with Gasteiger partial charge in [0.1, 0.15) is 0 Å². The first kappa shape index (κ1) is 12.0. The lowest BCUT2D eigenvalue weighted by Crippen LogP contribution is -1.87. The second-order valence-corrected chi connectivity index (χ2v) is 6.54. The number of thiophene rings is 2. The van der Waals surface area contributed by atoms with Gasteiger partial charge in [-0.15, -0.1) is 22.7 Å². The summed E-state index contributed by atoms with van der Waals surface area (Å²) in [6.07, 6.45) is 3.38. The molecule has 1 nitrogen and oxygen atoms in total. The third-order valence-corrected chi connectivity index (χ3v) is 4.71. The SMILES string of the molecule is O=C(/C=C/c1cc(Br)cs1)c1ccc(Cl)s1. The Bertz CT molecular complexity index is 542. The number of hydrogen-bond donors (Lipinski definition) is 0. The molecule has 0 aliphatic rings. The molecule has 0 aliphatic heterocycles. The van der Waals surface area contributed by atoms with Gasteiger partial charge in [0.05, 0.1) is 9.21 Å². The Kier molecular flexibility index (Phi) is 3.97. The van der Waals surface area contributed by atoms with Crippen LogP contribution in [0.2, 0.25) is 4.34 Å². The minimum Gasteiger partial charge on any atom is -0.288 e. The van der Waals surface area contributed by atoms with Crippen molar-refractivity contribution in [3.8, 4) is 0 Å². The van der Waals surface area contributed by atoms with Crippen molar-refractivity contribution in [3.63, 3.8) is 0 Å². The van der Waals surface area contributed by atoms with Gasteiger partial charge in [-0.05, 0) is 46.3 Å². The fourth-order valence-electron chi connectivity index (χ4n) is 1.10. The molecule has 2 aromatic heterocycles. The molecule has 0 amide bonds. The van der Waals surface area contributed by atoms with Gasteiger partial charge < -0.3 is 0 Å². The highest BCUT2D eigenvalue weighted by Gasteiger charge is 2.04. The first-order valence-corrected chi connectivity index (χ1v) is 7.23. The third kappa shape index (κ3) is 3.04. The average molecular weight is 334 g/mol. The van der Waals surface area contributed by atoms with Crippen molar-refractivity contribution in [2.24, 2.45) is 0 Å². The quantitative estimate of drug-likeness (QED) is 0.562. The molecule has 0 aromatic carbocycles. The van der Waals surface area contributed by atoms with Crippen LogP contribution in [0.3, 0.4) is 0 Å². The van der Waals surface area contributed by atoms with Crippen molar-refractivity contribution in [1.29, 1.82) is 0 Å². The summed E-state index contributed by atoms with van der Waals surface area (Å²) >= 11 is 12.0. The van der Waals surface area contributed by atoms with E-state index in [1.807, 2.05) is 17.5 Å². The maximum atomic E-state index is 11.7. The van der Waals surface area contributed by atoms with Crippen molar-refractivity contribution in [2.45, 2.75) is 0 Å². The monoisotopic (exact) mass is 332 g/mol. The van der Waals surface area contributed by atoms with E-state index in [2.05, 4.69) is 15.9 Å². The van der Waals surface area contributed by atoms with Crippen LogP contribution in [0.25, 0.3) is 6.08 Å². The predicted octanol–water partition coefficient (Wildman–Crippen LogP) is 5.12. The largest absolute Gasteiger partial charge is 0.288 e. The van der Waals surface area contributed by atoms with Crippen molar-refractivity contribution >= 4 is 62.1 Å². The molecule has 2 rings (SSSR count). The minimum atomic E-state index is -0.0126. The van der Waals surface area contributed by atoms with E-state index in [0.717, 1.165) is 9.35 Å². The Morgan fingerprint density at radius 3 is 2.81 bits per heavy atom. The lowest BCUT2D eigenvalue weighted by Gasteiger charge is -1.87. The lowest BCUT2D eigenvalue weighted by molar-refractivity contribution is 0.105. The Balaban J connectivity index is 2.10. The van der Waals surface area contributed by atoms with E-state index in [-0.39, 0.29) is 5.78 Å². The summed E-state index contributed by atoms with van der Waals surface area (Å²) in [4.78, 5) is 13.4. The van der Waals surface area contributed by atoms with Gasteiger partial charge in [0.2, 0.25) is 0 Å². The first-order chi connectivity index (χ1) is 7.65. The molecule has 0 N–H and O–H groups in total. The summed E-state index contributed by atoms with van der Waals surface area (Å²) < 4.78 is 1.67. The van der Waals surface area contributed by atoms with Crippen LogP contribution in [0.15, 0.2) is 34.1 Å². The normalized spacial score (nSPS) is 11.1. The standard InChI is InChI=1S/C11H6BrClOS2/c12-7-5-8(15-6-7)1-2-9(14)10-3-4-11(13)16-10/h1-6H/b2-1+. The van der Waals surface area contributed by atoms with E-state index < -0.39 is 0 Å². The number of carbonyl (C=O) groups is 1. The van der Waals surface area contributed by atoms with E-state index in [9.17, 15) is 4.79 Å². The second kappa shape index (κ2) is 5.27. The molecule has 0 saturated carbocycles. The van der Waals surface area contributed by atoms with Crippen LogP contribution in [0.4, 0.5) is 0 Å². The van der Waals surface area contributed by atoms with Crippen LogP contribution in [-0.4, -0.2) is 5.78 Å². The predicted molar refractivity (Wildman–Crippen MR) is 74.7 cm³/mol. The number of ketones is 1. The summed E-state index contributed by atoms with van der Waals surface area (Å²) in [5.41, 5.74) is 0. The van der Waals surface area contributed by atoms with E-state index in [1.54, 1.807) is 29.5 Å². The van der Waals surface area contributed by atoms with Crippen molar-refractivity contribution < 1.29 is 4.79 Å². The maximum Gasteiger partial charge on any atom is 0.195 e. The van der Waals surface area contributed by atoms with Gasteiger partial charge in [-0.1, -0.05) is 11.6 Å². The fraction of sp³-hybridized carbons (Fsp3) is 0. The smallest absolute Gasteiger partial charge is 0.195 e. The van der Waals surface area contributed by atoms with Gasteiger partial charge in [0.15, 0.2) is 5.78 Å². The highest BCUT2D eigenvalue weighted by atomic mass is 79.9. The molecule has 16 heavy (non-hydrogen) atoms. The molecule has 2 heterocycles. The number of hydrogen-bond acceptors (Lipinski definition) is 3. The first-order valence-electron chi connectivity index (χ1n) is 4.37. The second-order valence-electron chi connectivity index (χ2n) is 2.97. The van der Waals surface area contributed by atoms with Gasteiger partial charge in [-0.2, -0.15) is 0 Å². The molecular weight excluding hydrogens is 328 g/mol. The zero-order valence-electron chi connectivity index (χ0n) is 7.94. The van der Waals surface area contributed by atoms with E-state index in [4.69, 9.17) is 11.6 Å². The molecule has 0 bridgehead atoms. The molecule has 0 spiro atoms. The number of carbonyl (C=O) groups excluding carboxylic acids is 1. The molecule has 0 radical (unpaired) electrons. The van der Waals surface area contributed by atoms with E-state index >= 15 is 0 Å². The topological polar surface area (TPSA) is 17.1 Å². The Hall–Kier alpha value is -0.420. The third-order valence-electron chi connectivity index (χ3n) is 1.80. The number of rotatable bonds is 3. The zero-order valence-corrected chi connectivity index (χ0v) is 11.9. The summed E-state index contributed by atoms with van der Waals surface area (Å²) in [7, 11) is 0. The van der Waals surface area contributed by atoms with Gasteiger partial charge in [0.25, 0.3) is 0 Å². The molecule has 82 valence electrons. The zero-order chi connectivity index (χ0) is 11.5. The molecule has 0 aliphatic carbocycles. The molecular formula is C11H6BrClOS2. The highest BCUT2D eigenvalue weighted by molar-refractivity contribution is 9.10. The van der Waals surface area contributed by atoms with Gasteiger partial charge in [0, 0.05) is 14.7 Å². The van der Waals surface area contributed by atoms with Crippen LogP contribution in [-0.2, 0) is 0 Å². The maximum absolute atomic E-state index is 11.7.